The van der Waals surface area contributed by atoms with Crippen molar-refractivity contribution in [3.8, 4) is 22.8 Å². The van der Waals surface area contributed by atoms with Gasteiger partial charge in [-0.15, -0.1) is 0 Å². The molecule has 0 radical (unpaired) electrons. The number of phenols is 2. The number of rotatable bonds is 5. The molecule has 0 fully saturated rings. The van der Waals surface area contributed by atoms with E-state index in [1.54, 1.807) is 36.4 Å². The molecule has 29 heavy (non-hydrogen) atoms. The zero-order chi connectivity index (χ0) is 20.4. The minimum atomic E-state index is -0.163. The monoisotopic (exact) mass is 389 g/mol. The lowest BCUT2D eigenvalue weighted by molar-refractivity contribution is -0.115. The maximum atomic E-state index is 12.6. The molecule has 1 amide bonds. The van der Waals surface area contributed by atoms with Gasteiger partial charge in [0, 0.05) is 5.56 Å². The highest BCUT2D eigenvalue weighted by atomic mass is 16.3. The third-order valence-electron chi connectivity index (χ3n) is 5.06. The van der Waals surface area contributed by atoms with E-state index in [4.69, 9.17) is 9.97 Å². The summed E-state index contributed by atoms with van der Waals surface area (Å²) in [6.07, 6.45) is 3.29. The topological polar surface area (TPSA) is 95.3 Å². The third kappa shape index (κ3) is 4.06. The molecule has 6 heteroatoms. The van der Waals surface area contributed by atoms with Gasteiger partial charge in [0.1, 0.15) is 11.5 Å². The molecule has 0 aliphatic heterocycles. The highest BCUT2D eigenvalue weighted by Gasteiger charge is 2.22. The number of hydrogen-bond acceptors (Lipinski definition) is 5. The Morgan fingerprint density at radius 2 is 1.79 bits per heavy atom. The van der Waals surface area contributed by atoms with Gasteiger partial charge >= 0.3 is 0 Å². The summed E-state index contributed by atoms with van der Waals surface area (Å²) in [5.41, 5.74) is 5.35. The van der Waals surface area contributed by atoms with Crippen molar-refractivity contribution < 1.29 is 15.0 Å². The molecule has 0 spiro atoms. The summed E-state index contributed by atoms with van der Waals surface area (Å²) in [5.74, 6) is 0.792. The first-order chi connectivity index (χ1) is 14.0. The molecule has 0 saturated heterocycles. The van der Waals surface area contributed by atoms with Crippen LogP contribution in [0.5, 0.6) is 11.5 Å². The number of aromatic hydroxyl groups is 2. The van der Waals surface area contributed by atoms with Crippen LogP contribution in [0.3, 0.4) is 0 Å². The summed E-state index contributed by atoms with van der Waals surface area (Å²) >= 11 is 0. The Bertz CT molecular complexity index is 1060. The van der Waals surface area contributed by atoms with Crippen molar-refractivity contribution in [3.05, 3.63) is 65.0 Å². The van der Waals surface area contributed by atoms with Crippen LogP contribution in [-0.2, 0) is 30.5 Å². The summed E-state index contributed by atoms with van der Waals surface area (Å²) in [6.45, 7) is 2.06. The second-order valence-corrected chi connectivity index (χ2v) is 7.30. The number of amides is 1. The van der Waals surface area contributed by atoms with Gasteiger partial charge in [-0.2, -0.15) is 0 Å². The Labute approximate surface area is 169 Å². The van der Waals surface area contributed by atoms with Gasteiger partial charge in [0.05, 0.1) is 23.5 Å². The van der Waals surface area contributed by atoms with E-state index in [1.165, 1.54) is 0 Å². The van der Waals surface area contributed by atoms with Crippen LogP contribution in [0.1, 0.15) is 35.9 Å². The smallest absolute Gasteiger partial charge is 0.229 e. The fraction of sp³-hybridized carbons (Fsp3) is 0.261. The van der Waals surface area contributed by atoms with Crippen LogP contribution in [0.4, 0.5) is 5.82 Å². The molecule has 1 aromatic heterocycles. The van der Waals surface area contributed by atoms with Crippen molar-refractivity contribution in [3.63, 3.8) is 0 Å². The zero-order valence-corrected chi connectivity index (χ0v) is 16.3. The third-order valence-corrected chi connectivity index (χ3v) is 5.06. The highest BCUT2D eigenvalue weighted by Crippen LogP contribution is 2.34. The van der Waals surface area contributed by atoms with Crippen molar-refractivity contribution in [1.82, 2.24) is 9.97 Å². The second-order valence-electron chi connectivity index (χ2n) is 7.30. The van der Waals surface area contributed by atoms with Crippen molar-refractivity contribution >= 4 is 11.7 Å². The number of phenolic OH excluding ortho intramolecular Hbond substituents is 2. The van der Waals surface area contributed by atoms with E-state index >= 15 is 0 Å². The molecule has 1 heterocycles. The molecule has 148 valence electrons. The first-order valence-corrected chi connectivity index (χ1v) is 9.83. The maximum absolute atomic E-state index is 12.6. The lowest BCUT2D eigenvalue weighted by Crippen LogP contribution is -2.19. The molecule has 2 aromatic carbocycles. The van der Waals surface area contributed by atoms with Gasteiger partial charge in [0.15, 0.2) is 5.82 Å². The highest BCUT2D eigenvalue weighted by molar-refractivity contribution is 5.92. The average molecular weight is 389 g/mol. The molecule has 0 unspecified atom stereocenters. The summed E-state index contributed by atoms with van der Waals surface area (Å²) in [6, 6.07) is 11.9. The second kappa shape index (κ2) is 7.91. The molecule has 0 saturated carbocycles. The minimum Gasteiger partial charge on any atom is -0.508 e. The summed E-state index contributed by atoms with van der Waals surface area (Å²) < 4.78 is 0. The predicted octanol–water partition coefficient (Wildman–Crippen LogP) is 3.79. The van der Waals surface area contributed by atoms with E-state index in [-0.39, 0.29) is 23.8 Å². The molecule has 1 aliphatic carbocycles. The van der Waals surface area contributed by atoms with E-state index < -0.39 is 0 Å². The summed E-state index contributed by atoms with van der Waals surface area (Å²) in [7, 11) is 0. The van der Waals surface area contributed by atoms with Crippen molar-refractivity contribution in [2.75, 3.05) is 5.32 Å². The molecule has 0 atom stereocenters. The number of carbonyl (C=O) groups is 1. The Balaban J connectivity index is 1.63. The van der Waals surface area contributed by atoms with E-state index in [0.29, 0.717) is 18.7 Å². The first kappa shape index (κ1) is 18.9. The number of nitrogens with one attached hydrogen (secondary N) is 1. The number of benzene rings is 2. The molecule has 4 rings (SSSR count). The average Bonchev–Trinajstić information content (AvgIpc) is 2.70. The molecule has 3 N–H and O–H groups in total. The molecule has 3 aromatic rings. The van der Waals surface area contributed by atoms with Crippen LogP contribution in [0.15, 0.2) is 42.5 Å². The van der Waals surface area contributed by atoms with Gasteiger partial charge < -0.3 is 15.5 Å². The van der Waals surface area contributed by atoms with Gasteiger partial charge in [0.25, 0.3) is 0 Å². The fourth-order valence-electron chi connectivity index (χ4n) is 3.65. The lowest BCUT2D eigenvalue weighted by Gasteiger charge is -2.21. The van der Waals surface area contributed by atoms with Crippen LogP contribution in [0.25, 0.3) is 11.3 Å². The number of fused-ring (bicyclic) bond motifs is 3. The van der Waals surface area contributed by atoms with Gasteiger partial charge in [-0.3, -0.25) is 4.79 Å². The fourth-order valence-corrected chi connectivity index (χ4v) is 3.65. The quantitative estimate of drug-likeness (QED) is 0.617. The SMILES string of the molecule is CCCc1nc2c(nc1NC(=O)Cc1ccc(O)cc1)CCc1cc(O)ccc1-2. The van der Waals surface area contributed by atoms with Crippen molar-refractivity contribution in [2.24, 2.45) is 0 Å². The van der Waals surface area contributed by atoms with E-state index in [1.807, 2.05) is 6.07 Å². The largest absolute Gasteiger partial charge is 0.508 e. The van der Waals surface area contributed by atoms with E-state index in [0.717, 1.165) is 46.6 Å². The van der Waals surface area contributed by atoms with Crippen LogP contribution in [0, 0.1) is 0 Å². The van der Waals surface area contributed by atoms with Gasteiger partial charge in [-0.1, -0.05) is 25.5 Å². The maximum Gasteiger partial charge on any atom is 0.229 e. The Morgan fingerprint density at radius 3 is 2.55 bits per heavy atom. The number of carbonyl (C=O) groups excluding carboxylic acids is 1. The number of aryl methyl sites for hydroxylation is 3. The lowest BCUT2D eigenvalue weighted by atomic mass is 9.91. The van der Waals surface area contributed by atoms with Gasteiger partial charge in [-0.05, 0) is 60.7 Å². The minimum absolute atomic E-state index is 0.163. The number of hydrogen-bond donors (Lipinski definition) is 3. The van der Waals surface area contributed by atoms with Crippen molar-refractivity contribution in [2.45, 2.75) is 39.0 Å². The number of anilines is 1. The van der Waals surface area contributed by atoms with E-state index in [9.17, 15) is 15.0 Å². The van der Waals surface area contributed by atoms with E-state index in [2.05, 4.69) is 12.2 Å². The normalized spacial score (nSPS) is 12.2. The molecular weight excluding hydrogens is 366 g/mol. The van der Waals surface area contributed by atoms with Crippen molar-refractivity contribution in [1.29, 1.82) is 0 Å². The van der Waals surface area contributed by atoms with Crippen LogP contribution >= 0.6 is 0 Å². The first-order valence-electron chi connectivity index (χ1n) is 9.83. The summed E-state index contributed by atoms with van der Waals surface area (Å²) in [4.78, 5) is 22.2. The summed E-state index contributed by atoms with van der Waals surface area (Å²) in [5, 5.41) is 22.1. The number of nitrogens with zero attached hydrogens (tertiary/aromatic N) is 2. The standard InChI is InChI=1S/C23H23N3O3/c1-2-3-20-23(26-21(29)12-14-4-7-16(27)8-5-14)25-19-11-6-15-13-17(28)9-10-18(15)22(19)24-20/h4-5,7-10,13,27-28H,2-3,6,11-12H2,1H3,(H,25,26,29). The number of aromatic nitrogens is 2. The molecule has 6 nitrogen and oxygen atoms in total. The zero-order valence-electron chi connectivity index (χ0n) is 16.3. The Morgan fingerprint density at radius 1 is 1.03 bits per heavy atom. The predicted molar refractivity (Wildman–Crippen MR) is 111 cm³/mol. The molecule has 1 aliphatic rings. The molecular formula is C23H23N3O3. The Kier molecular flexibility index (Phi) is 5.16. The van der Waals surface area contributed by atoms with Gasteiger partial charge in [0.2, 0.25) is 5.91 Å². The van der Waals surface area contributed by atoms with Crippen LogP contribution in [0.2, 0.25) is 0 Å². The molecule has 0 bridgehead atoms. The Hall–Kier alpha value is -3.41. The van der Waals surface area contributed by atoms with Gasteiger partial charge in [-0.25, -0.2) is 9.97 Å². The van der Waals surface area contributed by atoms with Crippen LogP contribution in [-0.4, -0.2) is 26.1 Å². The van der Waals surface area contributed by atoms with Crippen LogP contribution < -0.4 is 5.32 Å².